The van der Waals surface area contributed by atoms with Crippen molar-refractivity contribution >= 4 is 0 Å². The van der Waals surface area contributed by atoms with E-state index in [2.05, 4.69) is 6.92 Å². The van der Waals surface area contributed by atoms with Crippen molar-refractivity contribution in [1.82, 2.24) is 0 Å². The van der Waals surface area contributed by atoms with Gasteiger partial charge in [-0.2, -0.15) is 26.3 Å². The molecule has 0 heterocycles. The van der Waals surface area contributed by atoms with E-state index < -0.39 is 29.6 Å². The average Bonchev–Trinajstić information content (AvgIpc) is 2.72. The van der Waals surface area contributed by atoms with Crippen molar-refractivity contribution in [3.8, 4) is 0 Å². The highest BCUT2D eigenvalue weighted by molar-refractivity contribution is 5.35. The maximum absolute atomic E-state index is 13.2. The van der Waals surface area contributed by atoms with Crippen LogP contribution in [0.3, 0.4) is 0 Å². The number of hydrogen-bond acceptors (Lipinski definition) is 1. The van der Waals surface area contributed by atoms with E-state index in [-0.39, 0.29) is 23.7 Å². The summed E-state index contributed by atoms with van der Waals surface area (Å²) in [5.41, 5.74) is -1.98. The average molecular weight is 444 g/mol. The van der Waals surface area contributed by atoms with Gasteiger partial charge >= 0.3 is 12.4 Å². The van der Waals surface area contributed by atoms with Crippen molar-refractivity contribution in [3.63, 3.8) is 0 Å². The fourth-order valence-corrected chi connectivity index (χ4v) is 4.22. The molecule has 1 saturated carbocycles. The van der Waals surface area contributed by atoms with E-state index >= 15 is 0 Å². The Morgan fingerprint density at radius 1 is 0.903 bits per heavy atom. The molecule has 1 aliphatic rings. The first kappa shape index (κ1) is 23.6. The van der Waals surface area contributed by atoms with E-state index in [4.69, 9.17) is 4.74 Å². The van der Waals surface area contributed by atoms with Crippen molar-refractivity contribution < 1.29 is 31.1 Å². The predicted octanol–water partition coefficient (Wildman–Crippen LogP) is 7.95. The highest BCUT2D eigenvalue weighted by Gasteiger charge is 2.39. The van der Waals surface area contributed by atoms with Crippen LogP contribution in [0, 0.1) is 5.92 Å². The van der Waals surface area contributed by atoms with Crippen LogP contribution in [0.1, 0.15) is 67.9 Å². The standard InChI is InChI=1S/C24H26F6O/c1-16-8-10-22(11-9-16,19-6-4-3-5-7-19)15-31-17(2)18-12-20(23(25,26)27)14-21(13-18)24(28,29)30/h3-7,12-14,16-17H,8-11,15H2,1-2H3. The van der Waals surface area contributed by atoms with Crippen LogP contribution in [0.15, 0.2) is 48.5 Å². The zero-order valence-electron chi connectivity index (χ0n) is 17.5. The molecule has 1 aliphatic carbocycles. The van der Waals surface area contributed by atoms with Crippen molar-refractivity contribution in [1.29, 1.82) is 0 Å². The van der Waals surface area contributed by atoms with Gasteiger partial charge in [0, 0.05) is 5.41 Å². The van der Waals surface area contributed by atoms with Crippen LogP contribution >= 0.6 is 0 Å². The summed E-state index contributed by atoms with van der Waals surface area (Å²) in [5.74, 6) is 0.576. The lowest BCUT2D eigenvalue weighted by molar-refractivity contribution is -0.143. The summed E-state index contributed by atoms with van der Waals surface area (Å²) in [6, 6.07) is 11.4. The molecule has 1 unspecified atom stereocenters. The van der Waals surface area contributed by atoms with E-state index in [1.165, 1.54) is 6.92 Å². The smallest absolute Gasteiger partial charge is 0.373 e. The van der Waals surface area contributed by atoms with Crippen LogP contribution in [-0.4, -0.2) is 6.61 Å². The minimum absolute atomic E-state index is 0.130. The van der Waals surface area contributed by atoms with Crippen LogP contribution in [-0.2, 0) is 22.5 Å². The monoisotopic (exact) mass is 444 g/mol. The SMILES string of the molecule is CC1CCC(COC(C)c2cc(C(F)(F)F)cc(C(F)(F)F)c2)(c2ccccc2)CC1. The van der Waals surface area contributed by atoms with E-state index in [9.17, 15) is 26.3 Å². The molecule has 0 radical (unpaired) electrons. The lowest BCUT2D eigenvalue weighted by Gasteiger charge is -2.40. The van der Waals surface area contributed by atoms with Gasteiger partial charge in [0.05, 0.1) is 23.8 Å². The number of ether oxygens (including phenoxy) is 1. The van der Waals surface area contributed by atoms with Gasteiger partial charge in [-0.15, -0.1) is 0 Å². The Balaban J connectivity index is 1.87. The summed E-state index contributed by atoms with van der Waals surface area (Å²) >= 11 is 0. The third kappa shape index (κ3) is 5.62. The molecule has 0 saturated heterocycles. The third-order valence-corrected chi connectivity index (χ3v) is 6.31. The molecule has 2 aromatic carbocycles. The number of alkyl halides is 6. The van der Waals surface area contributed by atoms with Crippen LogP contribution in [0.5, 0.6) is 0 Å². The minimum atomic E-state index is -4.87. The van der Waals surface area contributed by atoms with Gasteiger partial charge in [-0.05, 0) is 67.9 Å². The molecule has 7 heteroatoms. The molecule has 3 rings (SSSR count). The molecule has 0 spiro atoms. The second kappa shape index (κ2) is 8.85. The van der Waals surface area contributed by atoms with Gasteiger partial charge in [-0.1, -0.05) is 37.3 Å². The molecule has 1 nitrogen and oxygen atoms in total. The molecule has 0 aliphatic heterocycles. The van der Waals surface area contributed by atoms with Crippen LogP contribution in [0.2, 0.25) is 0 Å². The first-order valence-corrected chi connectivity index (χ1v) is 10.4. The molecular formula is C24H26F6O. The Morgan fingerprint density at radius 2 is 1.42 bits per heavy atom. The zero-order valence-corrected chi connectivity index (χ0v) is 17.5. The largest absolute Gasteiger partial charge is 0.416 e. The highest BCUT2D eigenvalue weighted by atomic mass is 19.4. The van der Waals surface area contributed by atoms with Crippen molar-refractivity contribution in [2.75, 3.05) is 6.61 Å². The molecule has 0 aromatic heterocycles. The molecule has 1 atom stereocenters. The lowest BCUT2D eigenvalue weighted by atomic mass is 9.67. The maximum Gasteiger partial charge on any atom is 0.416 e. The van der Waals surface area contributed by atoms with Gasteiger partial charge in [0.25, 0.3) is 0 Å². The van der Waals surface area contributed by atoms with E-state index in [1.807, 2.05) is 30.3 Å². The minimum Gasteiger partial charge on any atom is -0.373 e. The number of rotatable bonds is 5. The molecular weight excluding hydrogens is 418 g/mol. The second-order valence-corrected chi connectivity index (χ2v) is 8.62. The molecule has 2 aromatic rings. The van der Waals surface area contributed by atoms with E-state index in [0.717, 1.165) is 43.4 Å². The zero-order chi connectivity index (χ0) is 22.9. The normalized spacial score (nSPS) is 23.5. The molecule has 31 heavy (non-hydrogen) atoms. The van der Waals surface area contributed by atoms with Crippen LogP contribution in [0.4, 0.5) is 26.3 Å². The van der Waals surface area contributed by atoms with Crippen LogP contribution in [0.25, 0.3) is 0 Å². The molecule has 1 fully saturated rings. The summed E-state index contributed by atoms with van der Waals surface area (Å²) in [7, 11) is 0. The number of hydrogen-bond donors (Lipinski definition) is 0. The van der Waals surface area contributed by atoms with Crippen molar-refractivity contribution in [3.05, 3.63) is 70.8 Å². The van der Waals surface area contributed by atoms with E-state index in [0.29, 0.717) is 5.92 Å². The first-order valence-electron chi connectivity index (χ1n) is 10.4. The molecule has 0 N–H and O–H groups in total. The first-order chi connectivity index (χ1) is 14.4. The van der Waals surface area contributed by atoms with Crippen molar-refractivity contribution in [2.45, 2.75) is 63.4 Å². The fraction of sp³-hybridized carbons (Fsp3) is 0.500. The number of halogens is 6. The Kier molecular flexibility index (Phi) is 6.75. The van der Waals surface area contributed by atoms with Gasteiger partial charge in [-0.25, -0.2) is 0 Å². The summed E-state index contributed by atoms with van der Waals surface area (Å²) in [5, 5.41) is 0. The molecule has 0 bridgehead atoms. The van der Waals surface area contributed by atoms with Gasteiger partial charge in [0.2, 0.25) is 0 Å². The fourth-order valence-electron chi connectivity index (χ4n) is 4.22. The van der Waals surface area contributed by atoms with E-state index in [1.54, 1.807) is 0 Å². The summed E-state index contributed by atoms with van der Waals surface area (Å²) in [4.78, 5) is 0. The van der Waals surface area contributed by atoms with Gasteiger partial charge in [0.15, 0.2) is 0 Å². The second-order valence-electron chi connectivity index (χ2n) is 8.62. The quantitative estimate of drug-likeness (QED) is 0.425. The lowest BCUT2D eigenvalue weighted by Crippen LogP contribution is -2.36. The summed E-state index contributed by atoms with van der Waals surface area (Å²) in [6.45, 7) is 3.92. The van der Waals surface area contributed by atoms with Crippen LogP contribution < -0.4 is 0 Å². The Hall–Kier alpha value is -2.02. The third-order valence-electron chi connectivity index (χ3n) is 6.31. The summed E-state index contributed by atoms with van der Waals surface area (Å²) in [6.07, 6.45) is -6.95. The Morgan fingerprint density at radius 3 is 1.90 bits per heavy atom. The predicted molar refractivity (Wildman–Crippen MR) is 107 cm³/mol. The number of benzene rings is 2. The highest BCUT2D eigenvalue weighted by Crippen LogP contribution is 2.43. The maximum atomic E-state index is 13.2. The summed E-state index contributed by atoms with van der Waals surface area (Å²) < 4.78 is 85.1. The van der Waals surface area contributed by atoms with Gasteiger partial charge in [-0.3, -0.25) is 0 Å². The van der Waals surface area contributed by atoms with Crippen molar-refractivity contribution in [2.24, 2.45) is 5.92 Å². The van der Waals surface area contributed by atoms with Gasteiger partial charge < -0.3 is 4.74 Å². The van der Waals surface area contributed by atoms with Gasteiger partial charge in [0.1, 0.15) is 0 Å². The molecule has 0 amide bonds. The molecule has 170 valence electrons. The Bertz CT molecular complexity index is 832. The Labute approximate surface area is 178 Å². The topological polar surface area (TPSA) is 9.23 Å².